The molecular weight excluding hydrogens is 299 g/mol. The Morgan fingerprint density at radius 3 is 2.52 bits per heavy atom. The summed E-state index contributed by atoms with van der Waals surface area (Å²) in [5.41, 5.74) is 0. The highest BCUT2D eigenvalue weighted by molar-refractivity contribution is 5.85. The number of carbonyl (C=O) groups is 1. The number of halogens is 2. The molecule has 120 valence electrons. The number of ether oxygens (including phenoxy) is 2. The molecule has 0 saturated carbocycles. The molecule has 1 aromatic carbocycles. The van der Waals surface area contributed by atoms with Gasteiger partial charge in [0.05, 0.1) is 6.61 Å². The van der Waals surface area contributed by atoms with Gasteiger partial charge in [-0.2, -0.15) is 0 Å². The molecule has 0 aliphatic heterocycles. The third kappa shape index (κ3) is 8.49. The average molecular weight is 321 g/mol. The van der Waals surface area contributed by atoms with Crippen LogP contribution in [0.4, 0.5) is 4.39 Å². The van der Waals surface area contributed by atoms with E-state index in [-0.39, 0.29) is 24.1 Å². The van der Waals surface area contributed by atoms with Crippen molar-refractivity contribution in [3.63, 3.8) is 0 Å². The predicted octanol–water partition coefficient (Wildman–Crippen LogP) is 1.37. The molecule has 0 bridgehead atoms. The number of hydrogen-bond donors (Lipinski definition) is 2. The van der Waals surface area contributed by atoms with Gasteiger partial charge in [0.15, 0.2) is 6.10 Å². The Hall–Kier alpha value is -1.37. The molecule has 21 heavy (non-hydrogen) atoms. The van der Waals surface area contributed by atoms with E-state index in [0.29, 0.717) is 25.4 Å². The van der Waals surface area contributed by atoms with Crippen LogP contribution in [0.5, 0.6) is 5.75 Å². The number of hydrogen-bond acceptors (Lipinski definition) is 4. The molecule has 0 aromatic heterocycles. The minimum atomic E-state index is -0.626. The number of methoxy groups -OCH3 is 1. The highest BCUT2D eigenvalue weighted by atomic mass is 35.5. The molecule has 1 rings (SSSR count). The first-order valence-electron chi connectivity index (χ1n) is 6.53. The number of benzene rings is 1. The Morgan fingerprint density at radius 1 is 1.24 bits per heavy atom. The molecule has 0 aliphatic rings. The quantitative estimate of drug-likeness (QED) is 0.675. The molecule has 1 aromatic rings. The van der Waals surface area contributed by atoms with E-state index in [1.165, 1.54) is 24.3 Å². The lowest BCUT2D eigenvalue weighted by atomic mass is 10.3. The Bertz CT molecular complexity index is 404. The van der Waals surface area contributed by atoms with E-state index in [0.717, 1.165) is 6.54 Å². The van der Waals surface area contributed by atoms with Gasteiger partial charge in [-0.3, -0.25) is 4.79 Å². The zero-order valence-corrected chi connectivity index (χ0v) is 13.0. The van der Waals surface area contributed by atoms with Crippen molar-refractivity contribution >= 4 is 18.3 Å². The summed E-state index contributed by atoms with van der Waals surface area (Å²) in [6, 6.07) is 5.57. The zero-order chi connectivity index (χ0) is 14.8. The minimum absolute atomic E-state index is 0. The van der Waals surface area contributed by atoms with Gasteiger partial charge in [-0.05, 0) is 31.2 Å². The van der Waals surface area contributed by atoms with E-state index in [9.17, 15) is 9.18 Å². The van der Waals surface area contributed by atoms with Crippen LogP contribution >= 0.6 is 12.4 Å². The van der Waals surface area contributed by atoms with Crippen molar-refractivity contribution in [2.45, 2.75) is 13.0 Å². The molecule has 0 saturated heterocycles. The van der Waals surface area contributed by atoms with Gasteiger partial charge in [-0.1, -0.05) is 0 Å². The summed E-state index contributed by atoms with van der Waals surface area (Å²) in [5, 5.41) is 5.86. The molecule has 0 aliphatic carbocycles. The van der Waals surface area contributed by atoms with Crippen molar-refractivity contribution in [3.05, 3.63) is 30.1 Å². The van der Waals surface area contributed by atoms with Gasteiger partial charge in [0.1, 0.15) is 11.6 Å². The first kappa shape index (κ1) is 19.6. The van der Waals surface area contributed by atoms with Crippen molar-refractivity contribution in [2.75, 3.05) is 33.4 Å². The SMILES string of the molecule is COCCNCCNC(=O)C(C)Oc1ccc(F)cc1.Cl. The van der Waals surface area contributed by atoms with E-state index in [2.05, 4.69) is 10.6 Å². The van der Waals surface area contributed by atoms with Crippen molar-refractivity contribution in [2.24, 2.45) is 0 Å². The van der Waals surface area contributed by atoms with Crippen LogP contribution in [0.1, 0.15) is 6.92 Å². The topological polar surface area (TPSA) is 59.6 Å². The maximum absolute atomic E-state index is 12.7. The van der Waals surface area contributed by atoms with Crippen LogP contribution in [0.15, 0.2) is 24.3 Å². The Labute approximate surface area is 130 Å². The van der Waals surface area contributed by atoms with Crippen LogP contribution in [0.2, 0.25) is 0 Å². The lowest BCUT2D eigenvalue weighted by molar-refractivity contribution is -0.127. The third-order valence-electron chi connectivity index (χ3n) is 2.58. The largest absolute Gasteiger partial charge is 0.481 e. The van der Waals surface area contributed by atoms with Gasteiger partial charge in [0.25, 0.3) is 5.91 Å². The van der Waals surface area contributed by atoms with Gasteiger partial charge >= 0.3 is 0 Å². The second-order valence-electron chi connectivity index (χ2n) is 4.25. The highest BCUT2D eigenvalue weighted by Gasteiger charge is 2.13. The second kappa shape index (κ2) is 11.3. The fraction of sp³-hybridized carbons (Fsp3) is 0.500. The number of nitrogens with one attached hydrogen (secondary N) is 2. The summed E-state index contributed by atoms with van der Waals surface area (Å²) in [6.07, 6.45) is -0.626. The van der Waals surface area contributed by atoms with Crippen LogP contribution in [-0.4, -0.2) is 45.4 Å². The smallest absolute Gasteiger partial charge is 0.260 e. The van der Waals surface area contributed by atoms with Gasteiger partial charge in [0.2, 0.25) is 0 Å². The number of rotatable bonds is 9. The maximum atomic E-state index is 12.7. The van der Waals surface area contributed by atoms with Crippen LogP contribution in [0.25, 0.3) is 0 Å². The second-order valence-corrected chi connectivity index (χ2v) is 4.25. The predicted molar refractivity (Wildman–Crippen MR) is 81.5 cm³/mol. The van der Waals surface area contributed by atoms with Gasteiger partial charge in [0, 0.05) is 26.7 Å². The lowest BCUT2D eigenvalue weighted by Crippen LogP contribution is -2.40. The van der Waals surface area contributed by atoms with Crippen LogP contribution in [-0.2, 0) is 9.53 Å². The van der Waals surface area contributed by atoms with E-state index in [1.807, 2.05) is 0 Å². The first-order chi connectivity index (χ1) is 9.63. The molecule has 0 radical (unpaired) electrons. The molecule has 1 atom stereocenters. The van der Waals surface area contributed by atoms with E-state index in [1.54, 1.807) is 14.0 Å². The molecule has 2 N–H and O–H groups in total. The molecule has 0 spiro atoms. The molecular formula is C14H22ClFN2O3. The Balaban J connectivity index is 0.00000400. The molecule has 5 nitrogen and oxygen atoms in total. The van der Waals surface area contributed by atoms with Gasteiger partial charge in [-0.25, -0.2) is 4.39 Å². The first-order valence-corrected chi connectivity index (χ1v) is 6.53. The van der Waals surface area contributed by atoms with Crippen molar-refractivity contribution in [1.82, 2.24) is 10.6 Å². The minimum Gasteiger partial charge on any atom is -0.481 e. The Morgan fingerprint density at radius 2 is 1.90 bits per heavy atom. The van der Waals surface area contributed by atoms with Crippen molar-refractivity contribution in [1.29, 1.82) is 0 Å². The molecule has 1 unspecified atom stereocenters. The summed E-state index contributed by atoms with van der Waals surface area (Å²) in [7, 11) is 1.64. The summed E-state index contributed by atoms with van der Waals surface area (Å²) < 4.78 is 23.0. The highest BCUT2D eigenvalue weighted by Crippen LogP contribution is 2.12. The summed E-state index contributed by atoms with van der Waals surface area (Å²) >= 11 is 0. The Kier molecular flexibility index (Phi) is 10.6. The lowest BCUT2D eigenvalue weighted by Gasteiger charge is -2.14. The molecule has 7 heteroatoms. The maximum Gasteiger partial charge on any atom is 0.260 e. The normalized spacial score (nSPS) is 11.4. The summed E-state index contributed by atoms with van der Waals surface area (Å²) in [4.78, 5) is 11.7. The zero-order valence-electron chi connectivity index (χ0n) is 12.2. The van der Waals surface area contributed by atoms with E-state index >= 15 is 0 Å². The number of amides is 1. The monoisotopic (exact) mass is 320 g/mol. The van der Waals surface area contributed by atoms with Gasteiger partial charge < -0.3 is 20.1 Å². The van der Waals surface area contributed by atoms with E-state index in [4.69, 9.17) is 9.47 Å². The number of carbonyl (C=O) groups excluding carboxylic acids is 1. The average Bonchev–Trinajstić information content (AvgIpc) is 2.45. The fourth-order valence-electron chi connectivity index (χ4n) is 1.49. The summed E-state index contributed by atoms with van der Waals surface area (Å²) in [6.45, 7) is 4.21. The molecule has 1 amide bonds. The van der Waals surface area contributed by atoms with Crippen molar-refractivity contribution < 1.29 is 18.7 Å². The standard InChI is InChI=1S/C14H21FN2O3.ClH/c1-11(20-13-5-3-12(15)4-6-13)14(18)17-8-7-16-9-10-19-2;/h3-6,11,16H,7-10H2,1-2H3,(H,17,18);1H. The van der Waals surface area contributed by atoms with Gasteiger partial charge in [-0.15, -0.1) is 12.4 Å². The molecule has 0 fully saturated rings. The van der Waals surface area contributed by atoms with Crippen LogP contribution in [0.3, 0.4) is 0 Å². The third-order valence-corrected chi connectivity index (χ3v) is 2.58. The van der Waals surface area contributed by atoms with Crippen LogP contribution in [0, 0.1) is 5.82 Å². The van der Waals surface area contributed by atoms with Crippen LogP contribution < -0.4 is 15.4 Å². The molecule has 0 heterocycles. The fourth-order valence-corrected chi connectivity index (χ4v) is 1.49. The van der Waals surface area contributed by atoms with E-state index < -0.39 is 6.10 Å². The summed E-state index contributed by atoms with van der Waals surface area (Å²) in [5.74, 6) is -0.0771. The van der Waals surface area contributed by atoms with Crippen molar-refractivity contribution in [3.8, 4) is 5.75 Å².